The van der Waals surface area contributed by atoms with Crippen molar-refractivity contribution in [2.24, 2.45) is 5.73 Å². The number of halogens is 2. The van der Waals surface area contributed by atoms with Crippen LogP contribution in [0.1, 0.15) is 24.0 Å². The average molecular weight is 335 g/mol. The smallest absolute Gasteiger partial charge is 0.325 e. The molecule has 1 fully saturated rings. The molecule has 1 aliphatic heterocycles. The highest BCUT2D eigenvalue weighted by Crippen LogP contribution is 2.22. The molecule has 2 N–H and O–H groups in total. The Morgan fingerprint density at radius 3 is 2.24 bits per heavy atom. The molecule has 6 heteroatoms. The van der Waals surface area contributed by atoms with Gasteiger partial charge < -0.3 is 10.5 Å². The number of esters is 1. The second-order valence-corrected chi connectivity index (χ2v) is 5.41. The number of hydrogen-bond acceptors (Lipinski definition) is 4. The molecule has 21 heavy (non-hydrogen) atoms. The molecule has 0 radical (unpaired) electrons. The number of likely N-dealkylation sites (tertiary alicyclic amines) is 1. The number of nitrogens with zero attached hydrogens (tertiary/aromatic N) is 1. The van der Waals surface area contributed by atoms with Crippen molar-refractivity contribution >= 4 is 30.8 Å². The van der Waals surface area contributed by atoms with Gasteiger partial charge in [-0.3, -0.25) is 9.69 Å². The minimum Gasteiger partial charge on any atom is -0.468 e. The van der Waals surface area contributed by atoms with Crippen molar-refractivity contribution in [3.63, 3.8) is 0 Å². The quantitative estimate of drug-likeness (QED) is 0.862. The van der Waals surface area contributed by atoms with E-state index in [2.05, 4.69) is 36.1 Å². The SMILES string of the molecule is COC(=O)C1(N)CCN(Cc2ccc(C)cc2)CC1.Cl.Cl. The van der Waals surface area contributed by atoms with E-state index in [1.807, 2.05) is 0 Å². The van der Waals surface area contributed by atoms with Gasteiger partial charge in [-0.2, -0.15) is 0 Å². The van der Waals surface area contributed by atoms with Crippen molar-refractivity contribution < 1.29 is 9.53 Å². The largest absolute Gasteiger partial charge is 0.468 e. The zero-order chi connectivity index (χ0) is 13.9. The summed E-state index contributed by atoms with van der Waals surface area (Å²) in [4.78, 5) is 14.0. The molecule has 1 heterocycles. The molecule has 0 spiro atoms. The maximum atomic E-state index is 11.6. The van der Waals surface area contributed by atoms with Gasteiger partial charge in [0.05, 0.1) is 7.11 Å². The van der Waals surface area contributed by atoms with E-state index in [0.717, 1.165) is 19.6 Å². The number of rotatable bonds is 3. The van der Waals surface area contributed by atoms with Crippen LogP contribution in [0.2, 0.25) is 0 Å². The fourth-order valence-corrected chi connectivity index (χ4v) is 2.47. The van der Waals surface area contributed by atoms with Crippen LogP contribution in [0.15, 0.2) is 24.3 Å². The number of carbonyl (C=O) groups excluding carboxylic acids is 1. The molecule has 1 aromatic carbocycles. The lowest BCUT2D eigenvalue weighted by molar-refractivity contribution is -0.149. The monoisotopic (exact) mass is 334 g/mol. The van der Waals surface area contributed by atoms with Crippen molar-refractivity contribution in [2.75, 3.05) is 20.2 Å². The minimum absolute atomic E-state index is 0. The van der Waals surface area contributed by atoms with Crippen LogP contribution >= 0.6 is 24.8 Å². The summed E-state index contributed by atoms with van der Waals surface area (Å²) in [5.74, 6) is -0.289. The summed E-state index contributed by atoms with van der Waals surface area (Å²) in [7, 11) is 1.40. The van der Waals surface area contributed by atoms with E-state index in [1.54, 1.807) is 0 Å². The molecule has 0 unspecified atom stereocenters. The predicted molar refractivity (Wildman–Crippen MR) is 89.1 cm³/mol. The fraction of sp³-hybridized carbons (Fsp3) is 0.533. The number of piperidine rings is 1. The summed E-state index contributed by atoms with van der Waals surface area (Å²) in [5.41, 5.74) is 7.87. The van der Waals surface area contributed by atoms with Crippen molar-refractivity contribution in [1.82, 2.24) is 4.90 Å². The molecule has 2 rings (SSSR count). The Morgan fingerprint density at radius 2 is 1.76 bits per heavy atom. The van der Waals surface area contributed by atoms with E-state index < -0.39 is 5.54 Å². The highest BCUT2D eigenvalue weighted by molar-refractivity contribution is 5.85. The lowest BCUT2D eigenvalue weighted by Gasteiger charge is -2.37. The maximum Gasteiger partial charge on any atom is 0.325 e. The number of aryl methyl sites for hydroxylation is 1. The highest BCUT2D eigenvalue weighted by Gasteiger charge is 2.38. The third-order valence-corrected chi connectivity index (χ3v) is 3.87. The molecule has 1 aromatic rings. The Balaban J connectivity index is 0.00000200. The van der Waals surface area contributed by atoms with Crippen molar-refractivity contribution in [3.05, 3.63) is 35.4 Å². The van der Waals surface area contributed by atoms with Gasteiger partial charge in [0.25, 0.3) is 0 Å². The van der Waals surface area contributed by atoms with Crippen molar-refractivity contribution in [1.29, 1.82) is 0 Å². The topological polar surface area (TPSA) is 55.6 Å². The number of carbonyl (C=O) groups is 1. The van der Waals surface area contributed by atoms with Crippen LogP contribution < -0.4 is 5.73 Å². The minimum atomic E-state index is -0.793. The third-order valence-electron chi connectivity index (χ3n) is 3.87. The molecule has 0 aromatic heterocycles. The molecular formula is C15H24Cl2N2O2. The predicted octanol–water partition coefficient (Wildman–Crippen LogP) is 2.30. The summed E-state index contributed by atoms with van der Waals surface area (Å²) in [6, 6.07) is 8.56. The van der Waals surface area contributed by atoms with E-state index in [4.69, 9.17) is 10.5 Å². The highest BCUT2D eigenvalue weighted by atomic mass is 35.5. The number of hydrogen-bond donors (Lipinski definition) is 1. The van der Waals surface area contributed by atoms with Gasteiger partial charge in [-0.25, -0.2) is 0 Å². The van der Waals surface area contributed by atoms with Crippen LogP contribution in [0.3, 0.4) is 0 Å². The summed E-state index contributed by atoms with van der Waals surface area (Å²) < 4.78 is 4.78. The van der Waals surface area contributed by atoms with E-state index in [1.165, 1.54) is 18.2 Å². The Morgan fingerprint density at radius 1 is 1.24 bits per heavy atom. The van der Waals surface area contributed by atoms with Gasteiger partial charge in [0, 0.05) is 19.6 Å². The zero-order valence-electron chi connectivity index (χ0n) is 12.5. The van der Waals surface area contributed by atoms with Gasteiger partial charge >= 0.3 is 5.97 Å². The molecule has 0 aliphatic carbocycles. The second kappa shape index (κ2) is 8.59. The van der Waals surface area contributed by atoms with E-state index in [-0.39, 0.29) is 30.8 Å². The van der Waals surface area contributed by atoms with E-state index >= 15 is 0 Å². The molecular weight excluding hydrogens is 311 g/mol. The van der Waals surface area contributed by atoms with E-state index in [9.17, 15) is 4.79 Å². The number of nitrogens with two attached hydrogens (primary N) is 1. The lowest BCUT2D eigenvalue weighted by Crippen LogP contribution is -2.55. The number of benzene rings is 1. The summed E-state index contributed by atoms with van der Waals surface area (Å²) in [6.07, 6.45) is 1.32. The van der Waals surface area contributed by atoms with E-state index in [0.29, 0.717) is 12.8 Å². The first-order valence-corrected chi connectivity index (χ1v) is 6.69. The van der Waals surface area contributed by atoms with Crippen LogP contribution in [-0.4, -0.2) is 36.6 Å². The summed E-state index contributed by atoms with van der Waals surface area (Å²) in [6.45, 7) is 4.67. The molecule has 1 saturated heterocycles. The molecule has 0 amide bonds. The van der Waals surface area contributed by atoms with Crippen LogP contribution in [0.25, 0.3) is 0 Å². The Hall–Kier alpha value is -0.810. The van der Waals surface area contributed by atoms with Gasteiger partial charge in [0.1, 0.15) is 5.54 Å². The van der Waals surface area contributed by atoms with Gasteiger partial charge in [-0.05, 0) is 25.3 Å². The van der Waals surface area contributed by atoms with Crippen LogP contribution in [0.5, 0.6) is 0 Å². The average Bonchev–Trinajstić information content (AvgIpc) is 2.43. The lowest BCUT2D eigenvalue weighted by atomic mass is 9.88. The van der Waals surface area contributed by atoms with Crippen LogP contribution in [-0.2, 0) is 16.1 Å². The van der Waals surface area contributed by atoms with Gasteiger partial charge in [-0.1, -0.05) is 29.8 Å². The summed E-state index contributed by atoms with van der Waals surface area (Å²) in [5, 5.41) is 0. The van der Waals surface area contributed by atoms with Gasteiger partial charge in [0.15, 0.2) is 0 Å². The summed E-state index contributed by atoms with van der Waals surface area (Å²) >= 11 is 0. The Labute approximate surface area is 138 Å². The third kappa shape index (κ3) is 5.15. The molecule has 0 bridgehead atoms. The molecule has 1 aliphatic rings. The maximum absolute atomic E-state index is 11.6. The first-order valence-electron chi connectivity index (χ1n) is 6.69. The molecule has 4 nitrogen and oxygen atoms in total. The molecule has 120 valence electrons. The Bertz CT molecular complexity index is 443. The van der Waals surface area contributed by atoms with Crippen LogP contribution in [0, 0.1) is 6.92 Å². The fourth-order valence-electron chi connectivity index (χ4n) is 2.47. The second-order valence-electron chi connectivity index (χ2n) is 5.41. The first kappa shape index (κ1) is 20.2. The number of methoxy groups -OCH3 is 1. The first-order chi connectivity index (χ1) is 9.03. The van der Waals surface area contributed by atoms with Crippen LogP contribution in [0.4, 0.5) is 0 Å². The van der Waals surface area contributed by atoms with Crippen molar-refractivity contribution in [3.8, 4) is 0 Å². The normalized spacial score (nSPS) is 17.3. The number of ether oxygens (including phenoxy) is 1. The zero-order valence-corrected chi connectivity index (χ0v) is 14.1. The standard InChI is InChI=1S/C15H22N2O2.2ClH/c1-12-3-5-13(6-4-12)11-17-9-7-15(16,8-10-17)14(18)19-2;;/h3-6H,7-11,16H2,1-2H3;2*1H. The Kier molecular flexibility index (Phi) is 8.26. The van der Waals surface area contributed by atoms with Gasteiger partial charge in [-0.15, -0.1) is 24.8 Å². The van der Waals surface area contributed by atoms with Gasteiger partial charge in [0.2, 0.25) is 0 Å². The molecule has 0 saturated carbocycles. The molecule has 0 atom stereocenters. The van der Waals surface area contributed by atoms with Crippen molar-refractivity contribution in [2.45, 2.75) is 31.8 Å².